The van der Waals surface area contributed by atoms with Gasteiger partial charge in [0.15, 0.2) is 17.5 Å². The van der Waals surface area contributed by atoms with Crippen LogP contribution in [0.2, 0.25) is 0 Å². The predicted molar refractivity (Wildman–Crippen MR) is 63.4 cm³/mol. The van der Waals surface area contributed by atoms with E-state index in [-0.39, 0.29) is 18.1 Å². The molecule has 0 spiro atoms. The number of tetrazole rings is 1. The van der Waals surface area contributed by atoms with Gasteiger partial charge in [0.1, 0.15) is 0 Å². The minimum atomic E-state index is -1.51. The SMILES string of the molecule is O=C(NCc1nn[nH]n1)Nc1cc(F)c(F)cc1C(=O)O. The number of anilines is 1. The van der Waals surface area contributed by atoms with Gasteiger partial charge in [0.2, 0.25) is 0 Å². The highest BCUT2D eigenvalue weighted by atomic mass is 19.2. The number of hydrogen-bond donors (Lipinski definition) is 4. The molecule has 0 bridgehead atoms. The van der Waals surface area contributed by atoms with E-state index < -0.39 is 29.2 Å². The molecule has 0 fully saturated rings. The van der Waals surface area contributed by atoms with Gasteiger partial charge < -0.3 is 15.7 Å². The molecule has 0 saturated carbocycles. The molecule has 2 aromatic rings. The number of halogens is 2. The summed E-state index contributed by atoms with van der Waals surface area (Å²) in [6, 6.07) is 0.215. The molecular formula is C10H8F2N6O3. The molecule has 1 aromatic carbocycles. The van der Waals surface area contributed by atoms with Gasteiger partial charge in [0.05, 0.1) is 17.8 Å². The van der Waals surface area contributed by atoms with Crippen LogP contribution >= 0.6 is 0 Å². The van der Waals surface area contributed by atoms with Gasteiger partial charge in [-0.1, -0.05) is 5.21 Å². The van der Waals surface area contributed by atoms with Crippen molar-refractivity contribution in [3.63, 3.8) is 0 Å². The smallest absolute Gasteiger partial charge is 0.337 e. The Kier molecular flexibility index (Phi) is 4.02. The fourth-order valence-electron chi connectivity index (χ4n) is 1.41. The van der Waals surface area contributed by atoms with E-state index in [1.807, 2.05) is 0 Å². The van der Waals surface area contributed by atoms with E-state index >= 15 is 0 Å². The van der Waals surface area contributed by atoms with Crippen molar-refractivity contribution in [2.24, 2.45) is 0 Å². The quantitative estimate of drug-likeness (QED) is 0.649. The van der Waals surface area contributed by atoms with E-state index in [0.29, 0.717) is 12.1 Å². The molecule has 1 heterocycles. The molecule has 2 amide bonds. The zero-order valence-electron chi connectivity index (χ0n) is 10.2. The van der Waals surface area contributed by atoms with Gasteiger partial charge >= 0.3 is 12.0 Å². The molecule has 0 unspecified atom stereocenters. The van der Waals surface area contributed by atoms with Crippen molar-refractivity contribution in [3.8, 4) is 0 Å². The maximum Gasteiger partial charge on any atom is 0.337 e. The van der Waals surface area contributed by atoms with Crippen molar-refractivity contribution < 1.29 is 23.5 Å². The monoisotopic (exact) mass is 298 g/mol. The largest absolute Gasteiger partial charge is 0.478 e. The molecule has 0 aliphatic heterocycles. The summed E-state index contributed by atoms with van der Waals surface area (Å²) in [6.07, 6.45) is 0. The first-order valence-corrected chi connectivity index (χ1v) is 5.47. The Morgan fingerprint density at radius 1 is 1.29 bits per heavy atom. The number of rotatable bonds is 4. The Balaban J connectivity index is 2.09. The van der Waals surface area contributed by atoms with Crippen LogP contribution in [0.3, 0.4) is 0 Å². The van der Waals surface area contributed by atoms with Crippen LogP contribution in [0.5, 0.6) is 0 Å². The van der Waals surface area contributed by atoms with Crippen LogP contribution in [0.1, 0.15) is 16.2 Å². The standard InChI is InChI=1S/C10H8F2N6O3/c11-5-1-4(9(19)20)7(2-6(5)12)14-10(21)13-3-8-15-17-18-16-8/h1-2H,3H2,(H,19,20)(H2,13,14,21)(H,15,16,17,18). The van der Waals surface area contributed by atoms with Gasteiger partial charge in [-0.05, 0) is 6.07 Å². The average molecular weight is 298 g/mol. The van der Waals surface area contributed by atoms with Gasteiger partial charge in [-0.2, -0.15) is 5.21 Å². The summed E-state index contributed by atoms with van der Waals surface area (Å²) in [5.74, 6) is -3.94. The van der Waals surface area contributed by atoms with Crippen molar-refractivity contribution in [2.45, 2.75) is 6.54 Å². The van der Waals surface area contributed by atoms with E-state index in [4.69, 9.17) is 5.11 Å². The van der Waals surface area contributed by atoms with Crippen LogP contribution in [-0.4, -0.2) is 37.7 Å². The number of urea groups is 1. The second-order valence-electron chi connectivity index (χ2n) is 3.75. The molecule has 0 saturated heterocycles. The number of amides is 2. The normalized spacial score (nSPS) is 10.2. The maximum absolute atomic E-state index is 13.1. The highest BCUT2D eigenvalue weighted by Gasteiger charge is 2.17. The van der Waals surface area contributed by atoms with Crippen molar-refractivity contribution in [1.29, 1.82) is 0 Å². The first-order chi connectivity index (χ1) is 9.97. The van der Waals surface area contributed by atoms with Gasteiger partial charge in [0, 0.05) is 6.07 Å². The summed E-state index contributed by atoms with van der Waals surface area (Å²) in [5.41, 5.74) is -0.962. The third-order valence-corrected chi connectivity index (χ3v) is 2.34. The second kappa shape index (κ2) is 5.90. The number of carboxylic acid groups (broad SMARTS) is 1. The molecule has 0 aliphatic rings. The van der Waals surface area contributed by atoms with Gasteiger partial charge in [0.25, 0.3) is 0 Å². The van der Waals surface area contributed by atoms with Crippen LogP contribution in [0.15, 0.2) is 12.1 Å². The van der Waals surface area contributed by atoms with E-state index in [9.17, 15) is 18.4 Å². The third kappa shape index (κ3) is 3.46. The molecule has 1 aromatic heterocycles. The Morgan fingerprint density at radius 2 is 2.00 bits per heavy atom. The van der Waals surface area contributed by atoms with E-state index in [2.05, 4.69) is 31.3 Å². The number of nitrogens with one attached hydrogen (secondary N) is 3. The molecule has 0 radical (unpaired) electrons. The van der Waals surface area contributed by atoms with Crippen molar-refractivity contribution in [1.82, 2.24) is 25.9 Å². The summed E-state index contributed by atoms with van der Waals surface area (Å²) in [6.45, 7) is -0.0889. The highest BCUT2D eigenvalue weighted by Crippen LogP contribution is 2.20. The number of aromatic nitrogens is 4. The lowest BCUT2D eigenvalue weighted by Gasteiger charge is -2.09. The molecule has 21 heavy (non-hydrogen) atoms. The molecule has 0 atom stereocenters. The van der Waals surface area contributed by atoms with Crippen molar-refractivity contribution >= 4 is 17.7 Å². The van der Waals surface area contributed by atoms with Crippen LogP contribution in [-0.2, 0) is 6.54 Å². The van der Waals surface area contributed by atoms with Crippen LogP contribution < -0.4 is 10.6 Å². The number of aromatic amines is 1. The number of H-pyrrole nitrogens is 1. The first kappa shape index (κ1) is 14.3. The van der Waals surface area contributed by atoms with Crippen LogP contribution in [0, 0.1) is 11.6 Å². The van der Waals surface area contributed by atoms with E-state index in [1.54, 1.807) is 0 Å². The zero-order valence-corrected chi connectivity index (χ0v) is 10.2. The molecular weight excluding hydrogens is 290 g/mol. The van der Waals surface area contributed by atoms with Crippen LogP contribution in [0.4, 0.5) is 19.3 Å². The molecule has 9 nitrogen and oxygen atoms in total. The average Bonchev–Trinajstić information content (AvgIpc) is 2.93. The predicted octanol–water partition coefficient (Wildman–Crippen LogP) is 0.498. The summed E-state index contributed by atoms with van der Waals surface area (Å²) in [5, 5.41) is 25.9. The fourth-order valence-corrected chi connectivity index (χ4v) is 1.41. The lowest BCUT2D eigenvalue weighted by Crippen LogP contribution is -2.29. The lowest BCUT2D eigenvalue weighted by atomic mass is 10.1. The number of aromatic carboxylic acids is 1. The highest BCUT2D eigenvalue weighted by molar-refractivity contribution is 6.00. The maximum atomic E-state index is 13.1. The van der Waals surface area contributed by atoms with Crippen molar-refractivity contribution in [2.75, 3.05) is 5.32 Å². The molecule has 2 rings (SSSR count). The first-order valence-electron chi connectivity index (χ1n) is 5.47. The van der Waals surface area contributed by atoms with E-state index in [1.165, 1.54) is 0 Å². The van der Waals surface area contributed by atoms with Gasteiger partial charge in [-0.25, -0.2) is 18.4 Å². The van der Waals surface area contributed by atoms with Gasteiger partial charge in [-0.15, -0.1) is 10.2 Å². The second-order valence-corrected chi connectivity index (χ2v) is 3.75. The number of nitrogens with zero attached hydrogens (tertiary/aromatic N) is 3. The number of hydrogen-bond acceptors (Lipinski definition) is 5. The van der Waals surface area contributed by atoms with Crippen molar-refractivity contribution in [3.05, 3.63) is 35.2 Å². The summed E-state index contributed by atoms with van der Waals surface area (Å²) >= 11 is 0. The molecule has 4 N–H and O–H groups in total. The van der Waals surface area contributed by atoms with E-state index in [0.717, 1.165) is 0 Å². The number of benzene rings is 1. The fraction of sp³-hybridized carbons (Fsp3) is 0.100. The Morgan fingerprint density at radius 3 is 2.62 bits per heavy atom. The minimum Gasteiger partial charge on any atom is -0.478 e. The summed E-state index contributed by atoms with van der Waals surface area (Å²) < 4.78 is 26.1. The minimum absolute atomic E-state index is 0.0889. The van der Waals surface area contributed by atoms with Crippen LogP contribution in [0.25, 0.3) is 0 Å². The number of carbonyl (C=O) groups is 2. The number of carbonyl (C=O) groups excluding carboxylic acids is 1. The summed E-state index contributed by atoms with van der Waals surface area (Å²) in [7, 11) is 0. The zero-order chi connectivity index (χ0) is 15.4. The number of carboxylic acids is 1. The lowest BCUT2D eigenvalue weighted by molar-refractivity contribution is 0.0697. The molecule has 0 aliphatic carbocycles. The Hall–Kier alpha value is -3.11. The topological polar surface area (TPSA) is 133 Å². The Bertz CT molecular complexity index is 676. The third-order valence-electron chi connectivity index (χ3n) is 2.34. The van der Waals surface area contributed by atoms with Gasteiger partial charge in [-0.3, -0.25) is 0 Å². The molecule has 11 heteroatoms. The summed E-state index contributed by atoms with van der Waals surface area (Å²) in [4.78, 5) is 22.5. The molecule has 110 valence electrons. The Labute approximate surface area is 115 Å².